The largest absolute Gasteiger partial charge is 0.389 e. The number of hydrogen-bond donors (Lipinski definition) is 1. The molecular weight excluding hydrogens is 193 g/mol. The Kier molecular flexibility index (Phi) is 4.09. The molecule has 15 heavy (non-hydrogen) atoms. The van der Waals surface area contributed by atoms with Gasteiger partial charge in [0.25, 0.3) is 0 Å². The fourth-order valence-electron chi connectivity index (χ4n) is 1.73. The molecule has 1 aromatic carbocycles. The van der Waals surface area contributed by atoms with Crippen LogP contribution in [0.25, 0.3) is 0 Å². The fourth-order valence-corrected chi connectivity index (χ4v) is 1.73. The van der Waals surface area contributed by atoms with Gasteiger partial charge in [0.1, 0.15) is 5.82 Å². The van der Waals surface area contributed by atoms with E-state index in [2.05, 4.69) is 6.92 Å². The van der Waals surface area contributed by atoms with Crippen molar-refractivity contribution in [2.45, 2.75) is 26.4 Å². The van der Waals surface area contributed by atoms with Crippen LogP contribution in [0.3, 0.4) is 0 Å². The van der Waals surface area contributed by atoms with Gasteiger partial charge in [-0.3, -0.25) is 0 Å². The van der Waals surface area contributed by atoms with Gasteiger partial charge in [-0.1, -0.05) is 13.0 Å². The van der Waals surface area contributed by atoms with E-state index in [1.54, 1.807) is 13.0 Å². The molecule has 0 spiro atoms. The van der Waals surface area contributed by atoms with Crippen LogP contribution in [0.4, 0.5) is 10.1 Å². The van der Waals surface area contributed by atoms with E-state index < -0.39 is 6.10 Å². The van der Waals surface area contributed by atoms with E-state index in [1.807, 2.05) is 18.0 Å². The van der Waals surface area contributed by atoms with Crippen molar-refractivity contribution in [2.24, 2.45) is 0 Å². The van der Waals surface area contributed by atoms with Crippen molar-refractivity contribution >= 4 is 5.69 Å². The number of halogens is 1. The van der Waals surface area contributed by atoms with Crippen LogP contribution in [-0.4, -0.2) is 18.7 Å². The zero-order chi connectivity index (χ0) is 11.4. The smallest absolute Gasteiger partial charge is 0.131 e. The Bertz CT molecular complexity index is 325. The molecular formula is C12H18FNO. The second-order valence-electron chi connectivity index (χ2n) is 3.77. The van der Waals surface area contributed by atoms with Crippen LogP contribution < -0.4 is 4.90 Å². The highest BCUT2D eigenvalue weighted by atomic mass is 19.1. The van der Waals surface area contributed by atoms with Crippen LogP contribution in [0.15, 0.2) is 18.2 Å². The third-order valence-corrected chi connectivity index (χ3v) is 2.42. The first-order chi connectivity index (χ1) is 7.07. The van der Waals surface area contributed by atoms with E-state index >= 15 is 0 Å². The number of aliphatic hydroxyl groups excluding tert-OH is 1. The molecule has 0 heterocycles. The van der Waals surface area contributed by atoms with Gasteiger partial charge < -0.3 is 10.0 Å². The molecule has 1 atom stereocenters. The molecule has 1 N–H and O–H groups in total. The molecule has 0 aliphatic rings. The van der Waals surface area contributed by atoms with Gasteiger partial charge in [0, 0.05) is 24.8 Å². The third kappa shape index (κ3) is 2.69. The highest BCUT2D eigenvalue weighted by Gasteiger charge is 2.15. The second-order valence-corrected chi connectivity index (χ2v) is 3.77. The number of nitrogens with zero attached hydrogens (tertiary/aromatic N) is 1. The Morgan fingerprint density at radius 2 is 2.13 bits per heavy atom. The van der Waals surface area contributed by atoms with Crippen LogP contribution in [0.1, 0.15) is 31.9 Å². The summed E-state index contributed by atoms with van der Waals surface area (Å²) in [6.07, 6.45) is 0.215. The number of aliphatic hydroxyl groups is 1. The number of anilines is 1. The monoisotopic (exact) mass is 211 g/mol. The first-order valence-electron chi connectivity index (χ1n) is 5.25. The van der Waals surface area contributed by atoms with Gasteiger partial charge in [-0.2, -0.15) is 0 Å². The molecule has 0 unspecified atom stereocenters. The zero-order valence-electron chi connectivity index (χ0n) is 9.50. The minimum atomic E-state index is -0.777. The summed E-state index contributed by atoms with van der Waals surface area (Å²) in [6.45, 7) is 4.50. The molecule has 0 aliphatic carbocycles. The Hall–Kier alpha value is -1.09. The second kappa shape index (κ2) is 5.12. The van der Waals surface area contributed by atoms with Crippen molar-refractivity contribution in [1.29, 1.82) is 0 Å². The van der Waals surface area contributed by atoms with E-state index in [0.717, 1.165) is 18.7 Å². The summed E-state index contributed by atoms with van der Waals surface area (Å²) in [4.78, 5) is 1.96. The summed E-state index contributed by atoms with van der Waals surface area (Å²) in [5, 5.41) is 9.54. The first kappa shape index (κ1) is 12.0. The Balaban J connectivity index is 3.10. The van der Waals surface area contributed by atoms with Crippen LogP contribution in [0.5, 0.6) is 0 Å². The van der Waals surface area contributed by atoms with Crippen LogP contribution >= 0.6 is 0 Å². The first-order valence-corrected chi connectivity index (χ1v) is 5.25. The lowest BCUT2D eigenvalue weighted by Gasteiger charge is -2.23. The predicted molar refractivity (Wildman–Crippen MR) is 60.6 cm³/mol. The van der Waals surface area contributed by atoms with Crippen molar-refractivity contribution in [3.8, 4) is 0 Å². The number of benzene rings is 1. The van der Waals surface area contributed by atoms with Gasteiger partial charge in [-0.05, 0) is 25.5 Å². The summed E-state index contributed by atoms with van der Waals surface area (Å²) >= 11 is 0. The Morgan fingerprint density at radius 1 is 1.47 bits per heavy atom. The lowest BCUT2D eigenvalue weighted by Crippen LogP contribution is -2.20. The van der Waals surface area contributed by atoms with Gasteiger partial charge in [-0.15, -0.1) is 0 Å². The molecule has 1 rings (SSSR count). The topological polar surface area (TPSA) is 23.5 Å². The maximum atomic E-state index is 13.5. The van der Waals surface area contributed by atoms with Gasteiger partial charge in [0.15, 0.2) is 0 Å². The van der Waals surface area contributed by atoms with Gasteiger partial charge in [0.05, 0.1) is 6.10 Å². The van der Waals surface area contributed by atoms with Crippen molar-refractivity contribution in [3.63, 3.8) is 0 Å². The maximum Gasteiger partial charge on any atom is 0.131 e. The maximum absolute atomic E-state index is 13.5. The van der Waals surface area contributed by atoms with E-state index in [1.165, 1.54) is 6.07 Å². The fraction of sp³-hybridized carbons (Fsp3) is 0.500. The van der Waals surface area contributed by atoms with Crippen LogP contribution in [0, 0.1) is 5.82 Å². The Labute approximate surface area is 90.3 Å². The van der Waals surface area contributed by atoms with Gasteiger partial charge in [-0.25, -0.2) is 4.39 Å². The average Bonchev–Trinajstić information content (AvgIpc) is 2.17. The average molecular weight is 211 g/mol. The Morgan fingerprint density at radius 3 is 2.67 bits per heavy atom. The lowest BCUT2D eigenvalue weighted by atomic mass is 10.1. The van der Waals surface area contributed by atoms with Gasteiger partial charge in [0.2, 0.25) is 0 Å². The van der Waals surface area contributed by atoms with Gasteiger partial charge >= 0.3 is 0 Å². The zero-order valence-corrected chi connectivity index (χ0v) is 9.50. The molecule has 84 valence electrons. The number of hydrogen-bond acceptors (Lipinski definition) is 2. The van der Waals surface area contributed by atoms with E-state index in [4.69, 9.17) is 0 Å². The minimum Gasteiger partial charge on any atom is -0.389 e. The summed E-state index contributed by atoms with van der Waals surface area (Å²) in [5.41, 5.74) is 1.15. The summed E-state index contributed by atoms with van der Waals surface area (Å²) in [7, 11) is 1.91. The highest BCUT2D eigenvalue weighted by molar-refractivity contribution is 5.54. The molecule has 2 nitrogen and oxygen atoms in total. The van der Waals surface area contributed by atoms with E-state index in [9.17, 15) is 9.50 Å². The summed E-state index contributed by atoms with van der Waals surface area (Å²) in [6, 6.07) is 4.88. The minimum absolute atomic E-state index is 0.342. The van der Waals surface area contributed by atoms with Crippen molar-refractivity contribution in [2.75, 3.05) is 18.5 Å². The van der Waals surface area contributed by atoms with Crippen molar-refractivity contribution in [1.82, 2.24) is 0 Å². The molecule has 0 radical (unpaired) electrons. The molecule has 0 amide bonds. The predicted octanol–water partition coefficient (Wildman–Crippen LogP) is 2.73. The molecule has 0 aromatic heterocycles. The van der Waals surface area contributed by atoms with Crippen molar-refractivity contribution in [3.05, 3.63) is 29.6 Å². The molecule has 0 aliphatic heterocycles. The van der Waals surface area contributed by atoms with Crippen LogP contribution in [-0.2, 0) is 0 Å². The molecule has 1 aromatic rings. The quantitative estimate of drug-likeness (QED) is 0.827. The summed E-state index contributed by atoms with van der Waals surface area (Å²) < 4.78 is 13.5. The summed E-state index contributed by atoms with van der Waals surface area (Å²) in [5.74, 6) is -0.342. The highest BCUT2D eigenvalue weighted by Crippen LogP contribution is 2.28. The normalized spacial score (nSPS) is 12.6. The van der Waals surface area contributed by atoms with E-state index in [0.29, 0.717) is 5.56 Å². The molecule has 0 bridgehead atoms. The lowest BCUT2D eigenvalue weighted by molar-refractivity contribution is 0.194. The molecule has 0 saturated carbocycles. The van der Waals surface area contributed by atoms with Crippen LogP contribution in [0.2, 0.25) is 0 Å². The molecule has 0 fully saturated rings. The third-order valence-electron chi connectivity index (χ3n) is 2.42. The molecule has 3 heteroatoms. The SMILES string of the molecule is CCCN(C)c1cccc(F)c1[C@H](C)O. The standard InChI is InChI=1S/C12H18FNO/c1-4-8-14(3)11-7-5-6-10(13)12(11)9(2)15/h5-7,9,15H,4,8H2,1-3H3/t9-/m0/s1. The van der Waals surface area contributed by atoms with E-state index in [-0.39, 0.29) is 5.82 Å². The van der Waals surface area contributed by atoms with Crippen molar-refractivity contribution < 1.29 is 9.50 Å². The molecule has 0 saturated heterocycles. The number of rotatable bonds is 4.